The van der Waals surface area contributed by atoms with Gasteiger partial charge in [0.1, 0.15) is 0 Å². The molecule has 0 amide bonds. The number of hydrogen-bond acceptors (Lipinski definition) is 0. The molecule has 2 aromatic rings. The number of aromatic nitrogens is 1. The van der Waals surface area contributed by atoms with Crippen molar-refractivity contribution in [2.45, 2.75) is 26.7 Å². The van der Waals surface area contributed by atoms with Gasteiger partial charge in [0.15, 0.2) is 0 Å². The van der Waals surface area contributed by atoms with Crippen molar-refractivity contribution >= 4 is 10.9 Å². The van der Waals surface area contributed by atoms with Gasteiger partial charge in [-0.25, -0.2) is 0 Å². The predicted molar refractivity (Wildman–Crippen MR) is 57.0 cm³/mol. The SMILES string of the molecule is CCCc1cc2cc(C)ccc2[nH]1. The van der Waals surface area contributed by atoms with Crippen LogP contribution in [0.1, 0.15) is 24.6 Å². The summed E-state index contributed by atoms with van der Waals surface area (Å²) in [5.41, 5.74) is 3.94. The van der Waals surface area contributed by atoms with Crippen LogP contribution in [0.3, 0.4) is 0 Å². The van der Waals surface area contributed by atoms with Crippen molar-refractivity contribution in [1.82, 2.24) is 4.98 Å². The molecule has 0 aliphatic heterocycles. The van der Waals surface area contributed by atoms with Crippen LogP contribution in [0.15, 0.2) is 24.3 Å². The summed E-state index contributed by atoms with van der Waals surface area (Å²) in [6.07, 6.45) is 2.35. The van der Waals surface area contributed by atoms with E-state index in [-0.39, 0.29) is 0 Å². The smallest absolute Gasteiger partial charge is 0.0456 e. The highest BCUT2D eigenvalue weighted by Gasteiger charge is 1.98. The monoisotopic (exact) mass is 173 g/mol. The Morgan fingerprint density at radius 2 is 2.08 bits per heavy atom. The molecule has 0 saturated carbocycles. The standard InChI is InChI=1S/C12H15N/c1-3-4-11-8-10-7-9(2)5-6-12(10)13-11/h5-8,13H,3-4H2,1-2H3. The van der Waals surface area contributed by atoms with Gasteiger partial charge in [0.2, 0.25) is 0 Å². The van der Waals surface area contributed by atoms with E-state index in [0.29, 0.717) is 0 Å². The van der Waals surface area contributed by atoms with E-state index in [4.69, 9.17) is 0 Å². The minimum Gasteiger partial charge on any atom is -0.358 e. The van der Waals surface area contributed by atoms with Crippen molar-refractivity contribution in [3.05, 3.63) is 35.5 Å². The number of hydrogen-bond donors (Lipinski definition) is 1. The van der Waals surface area contributed by atoms with Gasteiger partial charge in [0, 0.05) is 11.2 Å². The zero-order valence-corrected chi connectivity index (χ0v) is 8.22. The Morgan fingerprint density at radius 1 is 1.23 bits per heavy atom. The van der Waals surface area contributed by atoms with Gasteiger partial charge in [-0.15, -0.1) is 0 Å². The third kappa shape index (κ3) is 1.59. The molecule has 0 saturated heterocycles. The average Bonchev–Trinajstić information content (AvgIpc) is 2.46. The molecule has 2 rings (SSSR count). The van der Waals surface area contributed by atoms with Crippen molar-refractivity contribution < 1.29 is 0 Å². The van der Waals surface area contributed by atoms with E-state index < -0.39 is 0 Å². The summed E-state index contributed by atoms with van der Waals surface area (Å²) >= 11 is 0. The largest absolute Gasteiger partial charge is 0.358 e. The Hall–Kier alpha value is -1.24. The summed E-state index contributed by atoms with van der Waals surface area (Å²) in [6, 6.07) is 8.79. The lowest BCUT2D eigenvalue weighted by Gasteiger charge is -1.91. The number of H-pyrrole nitrogens is 1. The van der Waals surface area contributed by atoms with E-state index >= 15 is 0 Å². The van der Waals surface area contributed by atoms with E-state index in [1.165, 1.54) is 28.6 Å². The van der Waals surface area contributed by atoms with Crippen LogP contribution in [0, 0.1) is 6.92 Å². The number of aryl methyl sites for hydroxylation is 2. The van der Waals surface area contributed by atoms with Gasteiger partial charge < -0.3 is 4.98 Å². The zero-order valence-electron chi connectivity index (χ0n) is 8.22. The molecule has 0 fully saturated rings. The first-order chi connectivity index (χ1) is 6.29. The normalized spacial score (nSPS) is 10.9. The number of fused-ring (bicyclic) bond motifs is 1. The predicted octanol–water partition coefficient (Wildman–Crippen LogP) is 3.43. The molecule has 1 aromatic heterocycles. The molecule has 0 aliphatic rings. The second-order valence-corrected chi connectivity index (χ2v) is 3.64. The Balaban J connectivity index is 2.49. The maximum Gasteiger partial charge on any atom is 0.0456 e. The van der Waals surface area contributed by atoms with Crippen LogP contribution in [-0.2, 0) is 6.42 Å². The van der Waals surface area contributed by atoms with Crippen LogP contribution >= 0.6 is 0 Å². The van der Waals surface area contributed by atoms with E-state index in [9.17, 15) is 0 Å². The molecule has 1 N–H and O–H groups in total. The van der Waals surface area contributed by atoms with Crippen molar-refractivity contribution in [2.24, 2.45) is 0 Å². The maximum atomic E-state index is 3.42. The highest BCUT2D eigenvalue weighted by Crippen LogP contribution is 2.17. The summed E-state index contributed by atoms with van der Waals surface area (Å²) < 4.78 is 0. The molecule has 13 heavy (non-hydrogen) atoms. The van der Waals surface area contributed by atoms with Gasteiger partial charge in [-0.1, -0.05) is 25.0 Å². The second-order valence-electron chi connectivity index (χ2n) is 3.64. The molecule has 0 bridgehead atoms. The van der Waals surface area contributed by atoms with Crippen LogP contribution in [0.4, 0.5) is 0 Å². The molecule has 1 heterocycles. The number of aromatic amines is 1. The van der Waals surface area contributed by atoms with Crippen LogP contribution in [0.2, 0.25) is 0 Å². The fourth-order valence-corrected chi connectivity index (χ4v) is 1.72. The van der Waals surface area contributed by atoms with Crippen molar-refractivity contribution in [2.75, 3.05) is 0 Å². The first kappa shape index (κ1) is 8.36. The van der Waals surface area contributed by atoms with E-state index in [1.54, 1.807) is 0 Å². The number of benzene rings is 1. The minimum absolute atomic E-state index is 1.15. The summed E-state index contributed by atoms with van der Waals surface area (Å²) in [5.74, 6) is 0. The topological polar surface area (TPSA) is 15.8 Å². The van der Waals surface area contributed by atoms with E-state index in [0.717, 1.165) is 6.42 Å². The fourth-order valence-electron chi connectivity index (χ4n) is 1.72. The van der Waals surface area contributed by atoms with Crippen LogP contribution in [-0.4, -0.2) is 4.98 Å². The van der Waals surface area contributed by atoms with Crippen molar-refractivity contribution in [3.63, 3.8) is 0 Å². The van der Waals surface area contributed by atoms with Crippen LogP contribution < -0.4 is 0 Å². The molecular weight excluding hydrogens is 158 g/mol. The van der Waals surface area contributed by atoms with Gasteiger partial charge >= 0.3 is 0 Å². The quantitative estimate of drug-likeness (QED) is 0.716. The van der Waals surface area contributed by atoms with E-state index in [2.05, 4.69) is 43.1 Å². The van der Waals surface area contributed by atoms with Gasteiger partial charge in [-0.05, 0) is 36.9 Å². The minimum atomic E-state index is 1.15. The molecule has 0 unspecified atom stereocenters. The van der Waals surface area contributed by atoms with E-state index in [1.807, 2.05) is 0 Å². The highest BCUT2D eigenvalue weighted by atomic mass is 14.7. The summed E-state index contributed by atoms with van der Waals surface area (Å²) in [7, 11) is 0. The first-order valence-corrected chi connectivity index (χ1v) is 4.88. The zero-order chi connectivity index (χ0) is 9.26. The van der Waals surface area contributed by atoms with Crippen molar-refractivity contribution in [3.8, 4) is 0 Å². The van der Waals surface area contributed by atoms with Gasteiger partial charge in [0.25, 0.3) is 0 Å². The number of nitrogens with one attached hydrogen (secondary N) is 1. The van der Waals surface area contributed by atoms with Gasteiger partial charge in [-0.2, -0.15) is 0 Å². The lowest BCUT2D eigenvalue weighted by molar-refractivity contribution is 0.896. The number of rotatable bonds is 2. The molecule has 0 atom stereocenters. The Kier molecular flexibility index (Phi) is 2.09. The molecule has 68 valence electrons. The lowest BCUT2D eigenvalue weighted by Crippen LogP contribution is -1.79. The third-order valence-electron chi connectivity index (χ3n) is 2.35. The molecule has 0 spiro atoms. The molecule has 1 nitrogen and oxygen atoms in total. The van der Waals surface area contributed by atoms with Crippen LogP contribution in [0.5, 0.6) is 0 Å². The summed E-state index contributed by atoms with van der Waals surface area (Å²) in [5, 5.41) is 1.34. The van der Waals surface area contributed by atoms with Crippen molar-refractivity contribution in [1.29, 1.82) is 0 Å². The molecule has 1 aromatic carbocycles. The van der Waals surface area contributed by atoms with Gasteiger partial charge in [0.05, 0.1) is 0 Å². The summed E-state index contributed by atoms with van der Waals surface area (Å²) in [6.45, 7) is 4.34. The molecular formula is C12H15N. The Bertz CT molecular complexity index is 412. The molecule has 0 aliphatic carbocycles. The fraction of sp³-hybridized carbons (Fsp3) is 0.333. The highest BCUT2D eigenvalue weighted by molar-refractivity contribution is 5.81. The Labute approximate surface area is 78.8 Å². The molecule has 0 radical (unpaired) electrons. The first-order valence-electron chi connectivity index (χ1n) is 4.88. The molecule has 1 heteroatoms. The third-order valence-corrected chi connectivity index (χ3v) is 2.35. The van der Waals surface area contributed by atoms with Gasteiger partial charge in [-0.3, -0.25) is 0 Å². The summed E-state index contributed by atoms with van der Waals surface area (Å²) in [4.78, 5) is 3.42. The second kappa shape index (κ2) is 3.25. The van der Waals surface area contributed by atoms with Crippen LogP contribution in [0.25, 0.3) is 10.9 Å². The maximum absolute atomic E-state index is 3.42. The Morgan fingerprint density at radius 3 is 2.85 bits per heavy atom. The lowest BCUT2D eigenvalue weighted by atomic mass is 10.2. The average molecular weight is 173 g/mol.